The molecule has 1 saturated heterocycles. The van der Waals surface area contributed by atoms with Gasteiger partial charge in [-0.25, -0.2) is 0 Å². The summed E-state index contributed by atoms with van der Waals surface area (Å²) in [6.07, 6.45) is 13.5. The van der Waals surface area contributed by atoms with Crippen LogP contribution in [0.2, 0.25) is 0 Å². The number of nitrogens with one attached hydrogen (secondary N) is 1. The van der Waals surface area contributed by atoms with E-state index in [9.17, 15) is 4.79 Å². The molecular formula is C31H37N5O4. The van der Waals surface area contributed by atoms with Crippen molar-refractivity contribution < 1.29 is 18.5 Å². The van der Waals surface area contributed by atoms with E-state index in [0.717, 1.165) is 105 Å². The van der Waals surface area contributed by atoms with E-state index in [2.05, 4.69) is 26.7 Å². The Morgan fingerprint density at radius 1 is 0.925 bits per heavy atom. The van der Waals surface area contributed by atoms with Crippen LogP contribution in [0.25, 0.3) is 11.5 Å². The molecule has 0 unspecified atom stereocenters. The zero-order chi connectivity index (χ0) is 26.7. The van der Waals surface area contributed by atoms with Gasteiger partial charge in [-0.2, -0.15) is 4.98 Å². The van der Waals surface area contributed by atoms with Crippen molar-refractivity contribution in [1.82, 2.24) is 20.3 Å². The Balaban J connectivity index is 1.08. The predicted octanol–water partition coefficient (Wildman–Crippen LogP) is 6.07. The molecule has 9 rings (SSSR count). The second-order valence-electron chi connectivity index (χ2n) is 13.1. The van der Waals surface area contributed by atoms with Crippen molar-refractivity contribution in [3.63, 3.8) is 0 Å². The molecule has 1 aliphatic heterocycles. The van der Waals surface area contributed by atoms with Crippen LogP contribution in [0, 0.1) is 11.3 Å². The van der Waals surface area contributed by atoms with Gasteiger partial charge in [-0.3, -0.25) is 4.79 Å². The minimum absolute atomic E-state index is 0.0202. The van der Waals surface area contributed by atoms with Crippen molar-refractivity contribution in [1.29, 1.82) is 0 Å². The second-order valence-corrected chi connectivity index (χ2v) is 13.1. The molecular weight excluding hydrogens is 506 g/mol. The molecule has 0 radical (unpaired) electrons. The summed E-state index contributed by atoms with van der Waals surface area (Å²) in [5.74, 6) is 4.05. The van der Waals surface area contributed by atoms with Crippen LogP contribution in [0.1, 0.15) is 112 Å². The number of nitrogens with zero attached hydrogens (tertiary/aromatic N) is 4. The monoisotopic (exact) mass is 543 g/mol. The number of hydrogen-bond acceptors (Lipinski definition) is 8. The molecule has 5 aliphatic carbocycles. The lowest BCUT2D eigenvalue weighted by Crippen LogP contribution is -2.45. The number of fused-ring (bicyclic) bond motifs is 3. The second kappa shape index (κ2) is 9.50. The smallest absolute Gasteiger partial charge is 0.248 e. The van der Waals surface area contributed by atoms with Gasteiger partial charge >= 0.3 is 0 Å². The molecule has 1 aromatic carbocycles. The molecule has 6 aliphatic rings. The molecule has 40 heavy (non-hydrogen) atoms. The van der Waals surface area contributed by atoms with Crippen LogP contribution in [0.4, 0.5) is 5.69 Å². The first-order valence-electron chi connectivity index (χ1n) is 15.3. The van der Waals surface area contributed by atoms with Gasteiger partial charge in [0.05, 0.1) is 0 Å². The fourth-order valence-electron chi connectivity index (χ4n) is 7.31. The standard InChI is InChI=1S/C31H37N5O4/c37-26(20-8-16-38-17-9-20)32-24-3-1-2-22(28-35-34-27(39-28)21-6-7-21)23(24)18-30-10-13-31(14-11-30,15-12-30)29-33-25(36-40-29)19-4-5-19/h1-3,19-21H,4-18H2,(H,32,37). The van der Waals surface area contributed by atoms with Gasteiger partial charge in [-0.1, -0.05) is 11.2 Å². The third kappa shape index (κ3) is 4.46. The number of anilines is 1. The predicted molar refractivity (Wildman–Crippen MR) is 146 cm³/mol. The third-order valence-corrected chi connectivity index (χ3v) is 10.4. The molecule has 9 heteroatoms. The Kier molecular flexibility index (Phi) is 5.87. The molecule has 5 saturated carbocycles. The van der Waals surface area contributed by atoms with E-state index in [0.29, 0.717) is 30.9 Å². The number of benzene rings is 1. The van der Waals surface area contributed by atoms with Crippen LogP contribution >= 0.6 is 0 Å². The lowest BCUT2D eigenvalue weighted by molar-refractivity contribution is -0.122. The number of hydrogen-bond donors (Lipinski definition) is 1. The molecule has 0 spiro atoms. The van der Waals surface area contributed by atoms with Crippen molar-refractivity contribution in [2.24, 2.45) is 11.3 Å². The van der Waals surface area contributed by atoms with Gasteiger partial charge in [0.25, 0.3) is 0 Å². The lowest BCUT2D eigenvalue weighted by Gasteiger charge is -2.52. The van der Waals surface area contributed by atoms with Gasteiger partial charge < -0.3 is 19.0 Å². The quantitative estimate of drug-likeness (QED) is 0.364. The zero-order valence-corrected chi connectivity index (χ0v) is 23.0. The van der Waals surface area contributed by atoms with Crippen LogP contribution < -0.4 is 5.32 Å². The maximum Gasteiger partial charge on any atom is 0.248 e. The molecule has 0 atom stereocenters. The summed E-state index contributed by atoms with van der Waals surface area (Å²) >= 11 is 0. The van der Waals surface area contributed by atoms with Crippen LogP contribution in [-0.2, 0) is 21.4 Å². The van der Waals surface area contributed by atoms with Crippen LogP contribution in [0.15, 0.2) is 27.1 Å². The topological polar surface area (TPSA) is 116 Å². The van der Waals surface area contributed by atoms with Gasteiger partial charge in [-0.05, 0) is 107 Å². The molecule has 210 valence electrons. The summed E-state index contributed by atoms with van der Waals surface area (Å²) in [5, 5.41) is 16.5. The number of carbonyl (C=O) groups is 1. The first-order chi connectivity index (χ1) is 19.6. The maximum absolute atomic E-state index is 13.3. The molecule has 3 aromatic rings. The molecule has 2 bridgehead atoms. The Bertz CT molecular complexity index is 1390. The van der Waals surface area contributed by atoms with Gasteiger partial charge in [0.15, 0.2) is 5.82 Å². The third-order valence-electron chi connectivity index (χ3n) is 10.4. The average molecular weight is 544 g/mol. The van der Waals surface area contributed by atoms with Crippen LogP contribution in [0.5, 0.6) is 0 Å². The van der Waals surface area contributed by atoms with Crippen LogP contribution in [-0.4, -0.2) is 39.5 Å². The van der Waals surface area contributed by atoms with Gasteiger partial charge in [0.2, 0.25) is 23.6 Å². The molecule has 2 aromatic heterocycles. The summed E-state index contributed by atoms with van der Waals surface area (Å²) in [4.78, 5) is 18.2. The van der Waals surface area contributed by atoms with Crippen molar-refractivity contribution in [2.75, 3.05) is 18.5 Å². The van der Waals surface area contributed by atoms with Gasteiger partial charge in [-0.15, -0.1) is 10.2 Å². The van der Waals surface area contributed by atoms with E-state index in [1.54, 1.807) is 0 Å². The normalized spacial score (nSPS) is 28.6. The highest BCUT2D eigenvalue weighted by Gasteiger charge is 2.52. The van der Waals surface area contributed by atoms with E-state index >= 15 is 0 Å². The molecule has 3 heterocycles. The molecule has 9 nitrogen and oxygen atoms in total. The van der Waals surface area contributed by atoms with E-state index < -0.39 is 0 Å². The van der Waals surface area contributed by atoms with Crippen molar-refractivity contribution >= 4 is 11.6 Å². The summed E-state index contributed by atoms with van der Waals surface area (Å²) in [6.45, 7) is 1.29. The van der Waals surface area contributed by atoms with E-state index in [1.165, 1.54) is 12.8 Å². The molecule has 1 N–H and O–H groups in total. The van der Waals surface area contributed by atoms with Crippen LogP contribution in [0.3, 0.4) is 0 Å². The highest BCUT2D eigenvalue weighted by Crippen LogP contribution is 2.59. The Morgan fingerprint density at radius 3 is 2.40 bits per heavy atom. The highest BCUT2D eigenvalue weighted by atomic mass is 16.5. The number of ether oxygens (including phenoxy) is 1. The Labute approximate surface area is 233 Å². The number of carbonyl (C=O) groups excluding carboxylic acids is 1. The number of rotatable bonds is 8. The minimum Gasteiger partial charge on any atom is -0.420 e. The maximum atomic E-state index is 13.3. The number of aromatic nitrogens is 4. The minimum atomic E-state index is -0.0202. The summed E-state index contributed by atoms with van der Waals surface area (Å²) in [5.41, 5.74) is 3.13. The van der Waals surface area contributed by atoms with Gasteiger partial charge in [0.1, 0.15) is 0 Å². The van der Waals surface area contributed by atoms with Crippen molar-refractivity contribution in [2.45, 2.75) is 101 Å². The van der Waals surface area contributed by atoms with Gasteiger partial charge in [0, 0.05) is 47.6 Å². The largest absolute Gasteiger partial charge is 0.420 e. The van der Waals surface area contributed by atoms with E-state index in [4.69, 9.17) is 18.7 Å². The Hall–Kier alpha value is -3.07. The zero-order valence-electron chi connectivity index (χ0n) is 23.0. The molecule has 1 amide bonds. The average Bonchev–Trinajstić information content (AvgIpc) is 3.94. The Morgan fingerprint density at radius 2 is 1.68 bits per heavy atom. The van der Waals surface area contributed by atoms with Crippen molar-refractivity contribution in [3.05, 3.63) is 41.4 Å². The fraction of sp³-hybridized carbons (Fsp3) is 0.645. The first kappa shape index (κ1) is 24.7. The van der Waals surface area contributed by atoms with E-state index in [1.807, 2.05) is 12.1 Å². The van der Waals surface area contributed by atoms with Crippen molar-refractivity contribution in [3.8, 4) is 11.5 Å². The summed E-state index contributed by atoms with van der Waals surface area (Å²) in [7, 11) is 0. The fourth-order valence-corrected chi connectivity index (χ4v) is 7.31. The lowest BCUT2D eigenvalue weighted by atomic mass is 9.52. The van der Waals surface area contributed by atoms with E-state index in [-0.39, 0.29) is 22.7 Å². The molecule has 6 fully saturated rings. The number of amides is 1. The highest BCUT2D eigenvalue weighted by molar-refractivity contribution is 5.94. The SMILES string of the molecule is O=C(Nc1cccc(-c2nnc(C3CC3)o2)c1CC12CCC(c3nc(C4CC4)no3)(CC1)CC2)C1CCOCC1. The summed E-state index contributed by atoms with van der Waals surface area (Å²) < 4.78 is 17.5. The summed E-state index contributed by atoms with van der Waals surface area (Å²) in [6, 6.07) is 6.11. The first-order valence-corrected chi connectivity index (χ1v) is 15.3.